The molecule has 0 bridgehead atoms. The molecular formula is C23H25N5O2. The lowest BCUT2D eigenvalue weighted by Crippen LogP contribution is -2.15. The fourth-order valence-corrected chi connectivity index (χ4v) is 3.55. The third-order valence-electron chi connectivity index (χ3n) is 5.31. The van der Waals surface area contributed by atoms with Gasteiger partial charge in [-0.25, -0.2) is 9.97 Å². The maximum atomic E-state index is 13.2. The Morgan fingerprint density at radius 2 is 1.83 bits per heavy atom. The molecule has 0 aliphatic carbocycles. The van der Waals surface area contributed by atoms with Gasteiger partial charge in [0.05, 0.1) is 11.0 Å². The minimum Gasteiger partial charge on any atom is -0.385 e. The molecule has 7 heteroatoms. The fourth-order valence-electron chi connectivity index (χ4n) is 3.55. The Morgan fingerprint density at radius 1 is 1.10 bits per heavy atom. The second kappa shape index (κ2) is 8.12. The van der Waals surface area contributed by atoms with Gasteiger partial charge in [-0.1, -0.05) is 18.2 Å². The maximum absolute atomic E-state index is 13.2. The summed E-state index contributed by atoms with van der Waals surface area (Å²) in [7, 11) is 1.66. The minimum atomic E-state index is -0.296. The molecule has 2 aromatic carbocycles. The van der Waals surface area contributed by atoms with Crippen LogP contribution < -0.4 is 11.1 Å². The van der Waals surface area contributed by atoms with Crippen LogP contribution in [-0.4, -0.2) is 34.2 Å². The van der Waals surface area contributed by atoms with Gasteiger partial charge in [-0.05, 0) is 55.7 Å². The molecular weight excluding hydrogens is 378 g/mol. The summed E-state index contributed by atoms with van der Waals surface area (Å²) in [4.78, 5) is 22.7. The van der Waals surface area contributed by atoms with E-state index in [9.17, 15) is 4.79 Å². The summed E-state index contributed by atoms with van der Waals surface area (Å²) in [6.45, 7) is 5.22. The summed E-state index contributed by atoms with van der Waals surface area (Å²) in [6.07, 6.45) is 0.747. The molecule has 2 heterocycles. The van der Waals surface area contributed by atoms with Crippen LogP contribution in [0.1, 0.15) is 27.9 Å². The number of para-hydroxylation sites is 2. The summed E-state index contributed by atoms with van der Waals surface area (Å²) in [5, 5.41) is 2.96. The lowest BCUT2D eigenvalue weighted by atomic mass is 10.1. The van der Waals surface area contributed by atoms with Gasteiger partial charge in [0.1, 0.15) is 16.9 Å². The number of nitrogens with two attached hydrogens (primary N) is 1. The van der Waals surface area contributed by atoms with E-state index < -0.39 is 0 Å². The largest absolute Gasteiger partial charge is 0.385 e. The van der Waals surface area contributed by atoms with Crippen molar-refractivity contribution in [2.24, 2.45) is 0 Å². The van der Waals surface area contributed by atoms with E-state index in [1.165, 1.54) is 5.56 Å². The van der Waals surface area contributed by atoms with E-state index >= 15 is 0 Å². The standard InChI is InChI=1S/C23H25N5O2/c1-14-9-10-16(13-15(14)2)25-23(29)19-20-22(28(21(19)24)11-6-12-30-3)27-18-8-5-4-7-17(18)26-20/h4-5,7-10,13H,6,11-12,24H2,1-3H3,(H,25,29). The second-order valence-corrected chi connectivity index (χ2v) is 7.40. The number of aromatic nitrogens is 3. The van der Waals surface area contributed by atoms with Crippen LogP contribution in [0, 0.1) is 13.8 Å². The molecule has 7 nitrogen and oxygen atoms in total. The van der Waals surface area contributed by atoms with Crippen molar-refractivity contribution in [1.29, 1.82) is 0 Å². The number of rotatable bonds is 6. The van der Waals surface area contributed by atoms with Gasteiger partial charge < -0.3 is 20.4 Å². The van der Waals surface area contributed by atoms with E-state index in [0.29, 0.717) is 35.7 Å². The molecule has 154 valence electrons. The number of anilines is 2. The predicted octanol–water partition coefficient (Wildman–Crippen LogP) is 4.07. The lowest BCUT2D eigenvalue weighted by Gasteiger charge is -2.09. The highest BCUT2D eigenvalue weighted by atomic mass is 16.5. The Labute approximate surface area is 174 Å². The summed E-state index contributed by atoms with van der Waals surface area (Å²) in [5.41, 5.74) is 12.4. The van der Waals surface area contributed by atoms with Crippen LogP contribution in [0.25, 0.3) is 22.2 Å². The molecule has 0 atom stereocenters. The van der Waals surface area contributed by atoms with E-state index in [-0.39, 0.29) is 5.91 Å². The first-order valence-electron chi connectivity index (χ1n) is 9.91. The van der Waals surface area contributed by atoms with E-state index in [1.54, 1.807) is 7.11 Å². The van der Waals surface area contributed by atoms with Crippen LogP contribution in [0.5, 0.6) is 0 Å². The predicted molar refractivity (Wildman–Crippen MR) is 120 cm³/mol. The van der Waals surface area contributed by atoms with Gasteiger partial charge in [-0.15, -0.1) is 0 Å². The van der Waals surface area contributed by atoms with Crippen LogP contribution >= 0.6 is 0 Å². The van der Waals surface area contributed by atoms with Gasteiger partial charge in [0.2, 0.25) is 0 Å². The number of amides is 1. The van der Waals surface area contributed by atoms with Crippen LogP contribution in [0.4, 0.5) is 11.5 Å². The average molecular weight is 403 g/mol. The minimum absolute atomic E-state index is 0.296. The Morgan fingerprint density at radius 3 is 2.53 bits per heavy atom. The molecule has 0 spiro atoms. The number of nitrogens with zero attached hydrogens (tertiary/aromatic N) is 3. The Hall–Kier alpha value is -3.45. The number of carbonyl (C=O) groups excluding carboxylic acids is 1. The zero-order valence-electron chi connectivity index (χ0n) is 17.4. The average Bonchev–Trinajstić information content (AvgIpc) is 3.00. The quantitative estimate of drug-likeness (QED) is 0.473. The number of methoxy groups -OCH3 is 1. The van der Waals surface area contributed by atoms with Crippen LogP contribution in [0.2, 0.25) is 0 Å². The molecule has 2 aromatic heterocycles. The van der Waals surface area contributed by atoms with Crippen molar-refractivity contribution in [2.75, 3.05) is 24.8 Å². The Kier molecular flexibility index (Phi) is 5.37. The molecule has 0 fully saturated rings. The van der Waals surface area contributed by atoms with Crippen molar-refractivity contribution < 1.29 is 9.53 Å². The monoisotopic (exact) mass is 403 g/mol. The highest BCUT2D eigenvalue weighted by molar-refractivity contribution is 6.16. The van der Waals surface area contributed by atoms with Crippen molar-refractivity contribution in [3.63, 3.8) is 0 Å². The Bertz CT molecular complexity index is 1250. The summed E-state index contributed by atoms with van der Waals surface area (Å²) >= 11 is 0. The molecule has 0 aliphatic heterocycles. The first kappa shape index (κ1) is 19.8. The number of benzene rings is 2. The van der Waals surface area contributed by atoms with Crippen molar-refractivity contribution >= 4 is 39.6 Å². The molecule has 1 amide bonds. The van der Waals surface area contributed by atoms with Gasteiger partial charge in [0.25, 0.3) is 5.91 Å². The summed E-state index contributed by atoms with van der Waals surface area (Å²) < 4.78 is 7.02. The van der Waals surface area contributed by atoms with Gasteiger partial charge in [-0.3, -0.25) is 4.79 Å². The zero-order valence-corrected chi connectivity index (χ0v) is 17.4. The van der Waals surface area contributed by atoms with Gasteiger partial charge in [0, 0.05) is 25.9 Å². The molecule has 4 rings (SSSR count). The SMILES string of the molecule is COCCCn1c(N)c(C(=O)Nc2ccc(C)c(C)c2)c2nc3ccccc3nc21. The first-order chi connectivity index (χ1) is 14.5. The molecule has 30 heavy (non-hydrogen) atoms. The number of hydrogen-bond donors (Lipinski definition) is 2. The number of nitrogen functional groups attached to an aromatic ring is 1. The highest BCUT2D eigenvalue weighted by Gasteiger charge is 2.24. The van der Waals surface area contributed by atoms with E-state index in [2.05, 4.69) is 5.32 Å². The number of hydrogen-bond acceptors (Lipinski definition) is 5. The van der Waals surface area contributed by atoms with Crippen molar-refractivity contribution in [3.8, 4) is 0 Å². The van der Waals surface area contributed by atoms with E-state index in [1.807, 2.05) is 60.9 Å². The maximum Gasteiger partial charge on any atom is 0.261 e. The van der Waals surface area contributed by atoms with Gasteiger partial charge in [0.15, 0.2) is 5.65 Å². The van der Waals surface area contributed by atoms with Crippen LogP contribution in [-0.2, 0) is 11.3 Å². The Balaban J connectivity index is 1.82. The molecule has 0 radical (unpaired) electrons. The number of nitrogens with one attached hydrogen (secondary N) is 1. The normalized spacial score (nSPS) is 11.3. The zero-order chi connectivity index (χ0) is 21.3. The molecule has 0 saturated heterocycles. The molecule has 3 N–H and O–H groups in total. The van der Waals surface area contributed by atoms with Crippen LogP contribution in [0.15, 0.2) is 42.5 Å². The highest BCUT2D eigenvalue weighted by Crippen LogP contribution is 2.29. The summed E-state index contributed by atoms with van der Waals surface area (Å²) in [5.74, 6) is 0.0635. The van der Waals surface area contributed by atoms with Crippen molar-refractivity contribution in [3.05, 3.63) is 59.2 Å². The fraction of sp³-hybridized carbons (Fsp3) is 0.261. The number of carbonyl (C=O) groups is 1. The molecule has 0 unspecified atom stereocenters. The molecule has 0 saturated carbocycles. The smallest absolute Gasteiger partial charge is 0.261 e. The number of ether oxygens (including phenoxy) is 1. The van der Waals surface area contributed by atoms with Crippen molar-refractivity contribution in [1.82, 2.24) is 14.5 Å². The van der Waals surface area contributed by atoms with Crippen molar-refractivity contribution in [2.45, 2.75) is 26.8 Å². The number of aryl methyl sites for hydroxylation is 3. The van der Waals surface area contributed by atoms with E-state index in [4.69, 9.17) is 20.4 Å². The van der Waals surface area contributed by atoms with Crippen LogP contribution in [0.3, 0.4) is 0 Å². The third-order valence-corrected chi connectivity index (χ3v) is 5.31. The molecule has 4 aromatic rings. The van der Waals surface area contributed by atoms with Gasteiger partial charge in [-0.2, -0.15) is 0 Å². The third kappa shape index (κ3) is 3.59. The van der Waals surface area contributed by atoms with E-state index in [0.717, 1.165) is 28.7 Å². The molecule has 0 aliphatic rings. The topological polar surface area (TPSA) is 95.1 Å². The lowest BCUT2D eigenvalue weighted by molar-refractivity contribution is 0.102. The summed E-state index contributed by atoms with van der Waals surface area (Å²) in [6, 6.07) is 13.4. The van der Waals surface area contributed by atoms with Gasteiger partial charge >= 0.3 is 0 Å². The second-order valence-electron chi connectivity index (χ2n) is 7.40. The number of fused-ring (bicyclic) bond motifs is 2. The first-order valence-corrected chi connectivity index (χ1v) is 9.91.